The van der Waals surface area contributed by atoms with Gasteiger partial charge in [0.2, 0.25) is 5.91 Å². The maximum absolute atomic E-state index is 12.4. The first-order valence-electron chi connectivity index (χ1n) is 5.75. The molecule has 7 heteroatoms. The molecule has 6 nitrogen and oxygen atoms in total. The van der Waals surface area contributed by atoms with Crippen LogP contribution in [0.4, 0.5) is 0 Å². The van der Waals surface area contributed by atoms with Gasteiger partial charge in [-0.3, -0.25) is 14.3 Å². The maximum Gasteiger partial charge on any atom is 0.274 e. The van der Waals surface area contributed by atoms with Crippen LogP contribution >= 0.6 is 11.6 Å². The van der Waals surface area contributed by atoms with Gasteiger partial charge in [-0.25, -0.2) is 0 Å². The highest BCUT2D eigenvalue weighted by molar-refractivity contribution is 6.33. The number of carbonyl (C=O) groups excluding carboxylic acids is 2. The lowest BCUT2D eigenvalue weighted by Gasteiger charge is -2.25. The van der Waals surface area contributed by atoms with Gasteiger partial charge in [-0.2, -0.15) is 5.10 Å². The summed E-state index contributed by atoms with van der Waals surface area (Å²) in [6.07, 6.45) is 1.42. The standard InChI is InChI=1S/C11H17ClN4O2/c1-4-15(7(3)10(13)17)11(18)9-8(12)6-14-16(9)5-2/h6-7H,4-5H2,1-3H3,(H2,13,17)/t7-/m1/s1. The fraction of sp³-hybridized carbons (Fsp3) is 0.545. The molecule has 1 heterocycles. The molecule has 0 spiro atoms. The number of amides is 2. The first-order valence-corrected chi connectivity index (χ1v) is 6.13. The van der Waals surface area contributed by atoms with Crippen molar-refractivity contribution < 1.29 is 9.59 Å². The number of aryl methyl sites for hydroxylation is 1. The van der Waals surface area contributed by atoms with Gasteiger partial charge in [-0.15, -0.1) is 0 Å². The zero-order valence-corrected chi connectivity index (χ0v) is 11.4. The van der Waals surface area contributed by atoms with Crippen molar-refractivity contribution in [3.05, 3.63) is 16.9 Å². The van der Waals surface area contributed by atoms with Gasteiger partial charge in [0, 0.05) is 13.1 Å². The molecule has 0 aliphatic rings. The number of carbonyl (C=O) groups is 2. The molecule has 0 saturated heterocycles. The maximum atomic E-state index is 12.4. The number of hydrogen-bond acceptors (Lipinski definition) is 3. The van der Waals surface area contributed by atoms with Crippen molar-refractivity contribution in [3.8, 4) is 0 Å². The zero-order chi connectivity index (χ0) is 13.9. The molecule has 0 unspecified atom stereocenters. The quantitative estimate of drug-likeness (QED) is 0.864. The van der Waals surface area contributed by atoms with Crippen LogP contribution in [0.15, 0.2) is 6.20 Å². The van der Waals surface area contributed by atoms with E-state index in [1.54, 1.807) is 13.8 Å². The Morgan fingerprint density at radius 2 is 2.17 bits per heavy atom. The van der Waals surface area contributed by atoms with E-state index in [2.05, 4.69) is 5.10 Å². The summed E-state index contributed by atoms with van der Waals surface area (Å²) in [5.41, 5.74) is 5.51. The topological polar surface area (TPSA) is 81.2 Å². The summed E-state index contributed by atoms with van der Waals surface area (Å²) >= 11 is 5.96. The summed E-state index contributed by atoms with van der Waals surface area (Å²) in [5.74, 6) is -0.892. The molecule has 0 aromatic carbocycles. The molecule has 0 bridgehead atoms. The van der Waals surface area contributed by atoms with Crippen molar-refractivity contribution in [2.75, 3.05) is 6.54 Å². The Morgan fingerprint density at radius 1 is 1.56 bits per heavy atom. The summed E-state index contributed by atoms with van der Waals surface area (Å²) in [5, 5.41) is 4.27. The highest BCUT2D eigenvalue weighted by atomic mass is 35.5. The lowest BCUT2D eigenvalue weighted by atomic mass is 10.2. The molecule has 0 aliphatic heterocycles. The SMILES string of the molecule is CCN(C(=O)c1c(Cl)cnn1CC)[C@H](C)C(N)=O. The van der Waals surface area contributed by atoms with Gasteiger partial charge in [-0.1, -0.05) is 11.6 Å². The molecule has 18 heavy (non-hydrogen) atoms. The predicted molar refractivity (Wildman–Crippen MR) is 68.3 cm³/mol. The molecular weight excluding hydrogens is 256 g/mol. The van der Waals surface area contributed by atoms with Crippen LogP contribution in [-0.2, 0) is 11.3 Å². The number of nitrogens with two attached hydrogens (primary N) is 1. The van der Waals surface area contributed by atoms with Crippen LogP contribution in [0.3, 0.4) is 0 Å². The lowest BCUT2D eigenvalue weighted by molar-refractivity contribution is -0.121. The molecule has 100 valence electrons. The van der Waals surface area contributed by atoms with Gasteiger partial charge in [-0.05, 0) is 20.8 Å². The third-order valence-corrected chi connectivity index (χ3v) is 3.05. The third kappa shape index (κ3) is 2.64. The molecule has 1 aromatic heterocycles. The number of likely N-dealkylation sites (N-methyl/N-ethyl adjacent to an activating group) is 1. The summed E-state index contributed by atoms with van der Waals surface area (Å²) in [7, 11) is 0. The average molecular weight is 273 g/mol. The third-order valence-electron chi connectivity index (χ3n) is 2.78. The molecule has 0 radical (unpaired) electrons. The average Bonchev–Trinajstić information content (AvgIpc) is 2.70. The van der Waals surface area contributed by atoms with Crippen molar-refractivity contribution in [2.24, 2.45) is 5.73 Å². The minimum absolute atomic E-state index is 0.275. The van der Waals surface area contributed by atoms with E-state index >= 15 is 0 Å². The number of aromatic nitrogens is 2. The number of nitrogens with zero attached hydrogens (tertiary/aromatic N) is 3. The number of rotatable bonds is 5. The van der Waals surface area contributed by atoms with Gasteiger partial charge in [0.05, 0.1) is 11.2 Å². The largest absolute Gasteiger partial charge is 0.368 e. The first kappa shape index (κ1) is 14.5. The van der Waals surface area contributed by atoms with E-state index in [9.17, 15) is 9.59 Å². The van der Waals surface area contributed by atoms with E-state index < -0.39 is 11.9 Å². The smallest absolute Gasteiger partial charge is 0.274 e. The van der Waals surface area contributed by atoms with Crippen LogP contribution in [0.2, 0.25) is 5.02 Å². The number of primary amides is 1. The van der Waals surface area contributed by atoms with E-state index in [1.807, 2.05) is 6.92 Å². The molecule has 1 aromatic rings. The van der Waals surface area contributed by atoms with E-state index in [-0.39, 0.29) is 16.6 Å². The van der Waals surface area contributed by atoms with Crippen molar-refractivity contribution >= 4 is 23.4 Å². The molecule has 1 rings (SSSR count). The van der Waals surface area contributed by atoms with Crippen LogP contribution in [0.25, 0.3) is 0 Å². The Morgan fingerprint density at radius 3 is 2.61 bits per heavy atom. The fourth-order valence-electron chi connectivity index (χ4n) is 1.70. The Hall–Kier alpha value is -1.56. The van der Waals surface area contributed by atoms with Crippen LogP contribution in [0.1, 0.15) is 31.3 Å². The Balaban J connectivity index is 3.11. The Kier molecular flexibility index (Phi) is 4.72. The van der Waals surface area contributed by atoms with E-state index in [0.717, 1.165) is 0 Å². The van der Waals surface area contributed by atoms with Crippen molar-refractivity contribution in [1.29, 1.82) is 0 Å². The normalized spacial score (nSPS) is 12.2. The van der Waals surface area contributed by atoms with Crippen LogP contribution in [0, 0.1) is 0 Å². The van der Waals surface area contributed by atoms with Crippen molar-refractivity contribution in [3.63, 3.8) is 0 Å². The van der Waals surface area contributed by atoms with E-state index in [0.29, 0.717) is 13.1 Å². The van der Waals surface area contributed by atoms with Crippen molar-refractivity contribution in [1.82, 2.24) is 14.7 Å². The minimum Gasteiger partial charge on any atom is -0.368 e. The van der Waals surface area contributed by atoms with Gasteiger partial charge in [0.1, 0.15) is 11.7 Å². The molecule has 0 aliphatic carbocycles. The molecule has 2 N–H and O–H groups in total. The fourth-order valence-corrected chi connectivity index (χ4v) is 1.92. The summed E-state index contributed by atoms with van der Waals surface area (Å²) in [6, 6.07) is -0.682. The van der Waals surface area contributed by atoms with Crippen LogP contribution in [-0.4, -0.2) is 39.1 Å². The number of hydrogen-bond donors (Lipinski definition) is 1. The molecular formula is C11H17ClN4O2. The molecule has 0 fully saturated rings. The molecule has 0 saturated carbocycles. The van der Waals surface area contributed by atoms with Crippen LogP contribution < -0.4 is 5.73 Å². The van der Waals surface area contributed by atoms with Crippen LogP contribution in [0.5, 0.6) is 0 Å². The zero-order valence-electron chi connectivity index (χ0n) is 10.7. The first-order chi connectivity index (χ1) is 8.43. The number of halogens is 1. The second-order valence-electron chi connectivity index (χ2n) is 3.83. The van der Waals surface area contributed by atoms with Gasteiger partial charge in [0.15, 0.2) is 0 Å². The monoisotopic (exact) mass is 272 g/mol. The second-order valence-corrected chi connectivity index (χ2v) is 4.23. The minimum atomic E-state index is -0.682. The molecule has 2 amide bonds. The van der Waals surface area contributed by atoms with E-state index in [4.69, 9.17) is 17.3 Å². The predicted octanol–water partition coefficient (Wildman–Crippen LogP) is 0.892. The van der Waals surface area contributed by atoms with Gasteiger partial charge >= 0.3 is 0 Å². The molecule has 1 atom stereocenters. The lowest BCUT2D eigenvalue weighted by Crippen LogP contribution is -2.46. The highest BCUT2D eigenvalue weighted by Crippen LogP contribution is 2.18. The van der Waals surface area contributed by atoms with Gasteiger partial charge in [0.25, 0.3) is 5.91 Å². The van der Waals surface area contributed by atoms with E-state index in [1.165, 1.54) is 15.8 Å². The van der Waals surface area contributed by atoms with Crippen molar-refractivity contribution in [2.45, 2.75) is 33.4 Å². The highest BCUT2D eigenvalue weighted by Gasteiger charge is 2.27. The summed E-state index contributed by atoms with van der Waals surface area (Å²) in [6.45, 7) is 6.11. The van der Waals surface area contributed by atoms with Gasteiger partial charge < -0.3 is 10.6 Å². The Bertz CT molecular complexity index is 458. The summed E-state index contributed by atoms with van der Waals surface area (Å²) < 4.78 is 1.50. The summed E-state index contributed by atoms with van der Waals surface area (Å²) in [4.78, 5) is 24.9. The second kappa shape index (κ2) is 5.86. The Labute approximate surface area is 111 Å².